The van der Waals surface area contributed by atoms with E-state index in [1.54, 1.807) is 38.3 Å². The molecule has 2 heterocycles. The second-order valence-electron chi connectivity index (χ2n) is 8.76. The third-order valence-corrected chi connectivity index (χ3v) is 6.90. The van der Waals surface area contributed by atoms with Crippen molar-refractivity contribution in [2.45, 2.75) is 30.8 Å². The highest BCUT2D eigenvalue weighted by molar-refractivity contribution is 7.98. The Bertz CT molecular complexity index is 1340. The van der Waals surface area contributed by atoms with E-state index in [4.69, 9.17) is 18.9 Å². The predicted molar refractivity (Wildman–Crippen MR) is 149 cm³/mol. The van der Waals surface area contributed by atoms with E-state index in [0.717, 1.165) is 58.0 Å². The molecule has 2 aromatic carbocycles. The molecule has 2 aromatic heterocycles. The number of nitrogens with one attached hydrogen (secondary N) is 1. The highest BCUT2D eigenvalue weighted by Crippen LogP contribution is 2.28. The topological polar surface area (TPSA) is 89.7 Å². The van der Waals surface area contributed by atoms with Gasteiger partial charge in [0, 0.05) is 36.7 Å². The number of aryl methyl sites for hydroxylation is 1. The number of hydrogen-bond acceptors (Lipinski definition) is 8. The van der Waals surface area contributed by atoms with Crippen LogP contribution in [0.1, 0.15) is 32.9 Å². The highest BCUT2D eigenvalue weighted by atomic mass is 32.2. The minimum atomic E-state index is -0.136. The van der Waals surface area contributed by atoms with Crippen molar-refractivity contribution >= 4 is 23.5 Å². The Balaban J connectivity index is 1.32. The van der Waals surface area contributed by atoms with E-state index in [0.29, 0.717) is 17.9 Å². The van der Waals surface area contributed by atoms with Gasteiger partial charge in [0.25, 0.3) is 5.91 Å². The first-order chi connectivity index (χ1) is 18.4. The van der Waals surface area contributed by atoms with Crippen molar-refractivity contribution in [1.82, 2.24) is 15.3 Å². The Hall–Kier alpha value is -3.98. The van der Waals surface area contributed by atoms with Crippen molar-refractivity contribution < 1.29 is 18.7 Å². The number of anilines is 1. The first kappa shape index (κ1) is 27.1. The average Bonchev–Trinajstić information content (AvgIpc) is 3.47. The number of furan rings is 1. The number of nitrogens with zero attached hydrogens (tertiary/aromatic N) is 3. The van der Waals surface area contributed by atoms with Crippen LogP contribution < -0.4 is 19.7 Å². The molecule has 0 radical (unpaired) electrons. The lowest BCUT2D eigenvalue weighted by atomic mass is 10.1. The Labute approximate surface area is 227 Å². The van der Waals surface area contributed by atoms with E-state index in [2.05, 4.69) is 21.3 Å². The number of benzene rings is 2. The van der Waals surface area contributed by atoms with E-state index in [-0.39, 0.29) is 5.91 Å². The van der Waals surface area contributed by atoms with E-state index >= 15 is 0 Å². The minimum Gasteiger partial charge on any atom is -0.493 e. The van der Waals surface area contributed by atoms with Gasteiger partial charge in [0.2, 0.25) is 0 Å². The molecule has 198 valence electrons. The van der Waals surface area contributed by atoms with E-state index in [9.17, 15) is 4.79 Å². The van der Waals surface area contributed by atoms with E-state index in [1.807, 2.05) is 62.5 Å². The molecule has 8 nitrogen and oxygen atoms in total. The SMILES string of the molecule is COc1ccc(CCN(C)c2cc(C)nc(SCc3ccc(C(=O)NCc4ccco4)cc3)n2)cc1OC. The molecular formula is C29H32N4O4S. The molecule has 0 aliphatic heterocycles. The summed E-state index contributed by atoms with van der Waals surface area (Å²) in [5.41, 5.74) is 3.77. The zero-order valence-corrected chi connectivity index (χ0v) is 22.9. The summed E-state index contributed by atoms with van der Waals surface area (Å²) in [5.74, 6) is 3.61. The summed E-state index contributed by atoms with van der Waals surface area (Å²) in [5, 5.41) is 3.58. The summed E-state index contributed by atoms with van der Waals surface area (Å²) in [4.78, 5) is 23.9. The summed E-state index contributed by atoms with van der Waals surface area (Å²) < 4.78 is 16.0. The molecule has 0 spiro atoms. The molecule has 0 atom stereocenters. The number of thioether (sulfide) groups is 1. The molecular weight excluding hydrogens is 500 g/mol. The van der Waals surface area contributed by atoms with Gasteiger partial charge >= 0.3 is 0 Å². The third kappa shape index (κ3) is 7.29. The van der Waals surface area contributed by atoms with Gasteiger partial charge in [-0.1, -0.05) is 30.0 Å². The lowest BCUT2D eigenvalue weighted by molar-refractivity contribution is 0.0948. The van der Waals surface area contributed by atoms with Gasteiger partial charge in [0.15, 0.2) is 16.7 Å². The number of methoxy groups -OCH3 is 2. The van der Waals surface area contributed by atoms with Gasteiger partial charge in [0.1, 0.15) is 11.6 Å². The third-order valence-electron chi connectivity index (χ3n) is 5.98. The van der Waals surface area contributed by atoms with Gasteiger partial charge in [-0.15, -0.1) is 0 Å². The first-order valence-corrected chi connectivity index (χ1v) is 13.2. The molecule has 0 aliphatic carbocycles. The smallest absolute Gasteiger partial charge is 0.251 e. The largest absolute Gasteiger partial charge is 0.493 e. The quantitative estimate of drug-likeness (QED) is 0.194. The lowest BCUT2D eigenvalue weighted by Crippen LogP contribution is -2.22. The summed E-state index contributed by atoms with van der Waals surface area (Å²) >= 11 is 1.57. The summed E-state index contributed by atoms with van der Waals surface area (Å²) in [6.45, 7) is 3.13. The van der Waals surface area contributed by atoms with Gasteiger partial charge in [-0.2, -0.15) is 0 Å². The number of hydrogen-bond donors (Lipinski definition) is 1. The number of ether oxygens (including phenoxy) is 2. The van der Waals surface area contributed by atoms with E-state index in [1.165, 1.54) is 0 Å². The second kappa shape index (κ2) is 13.0. The Kier molecular flexibility index (Phi) is 9.26. The van der Waals surface area contributed by atoms with Crippen LogP contribution in [0.15, 0.2) is 76.5 Å². The van der Waals surface area contributed by atoms with Gasteiger partial charge in [-0.25, -0.2) is 9.97 Å². The van der Waals surface area contributed by atoms with Crippen LogP contribution in [-0.4, -0.2) is 43.7 Å². The van der Waals surface area contributed by atoms with Crippen molar-refractivity contribution in [3.63, 3.8) is 0 Å². The lowest BCUT2D eigenvalue weighted by Gasteiger charge is -2.19. The molecule has 38 heavy (non-hydrogen) atoms. The summed E-state index contributed by atoms with van der Waals surface area (Å²) in [6, 6.07) is 19.2. The van der Waals surface area contributed by atoms with Crippen molar-refractivity contribution in [3.05, 3.63) is 95.1 Å². The Morgan fingerprint density at radius 3 is 2.47 bits per heavy atom. The number of likely N-dealkylation sites (N-methyl/N-ethyl adjacent to an activating group) is 1. The van der Waals surface area contributed by atoms with Crippen LogP contribution in [0.25, 0.3) is 0 Å². The fraction of sp³-hybridized carbons (Fsp3) is 0.276. The average molecular weight is 533 g/mol. The fourth-order valence-corrected chi connectivity index (χ4v) is 4.67. The van der Waals surface area contributed by atoms with Crippen LogP contribution in [-0.2, 0) is 18.7 Å². The van der Waals surface area contributed by atoms with Crippen LogP contribution >= 0.6 is 11.8 Å². The van der Waals surface area contributed by atoms with Gasteiger partial charge < -0.3 is 24.1 Å². The maximum absolute atomic E-state index is 12.4. The van der Waals surface area contributed by atoms with Gasteiger partial charge in [-0.05, 0) is 60.9 Å². The molecule has 0 fully saturated rings. The molecule has 1 N–H and O–H groups in total. The molecule has 4 aromatic rings. The van der Waals surface area contributed by atoms with Crippen LogP contribution in [0.4, 0.5) is 5.82 Å². The highest BCUT2D eigenvalue weighted by Gasteiger charge is 2.11. The molecule has 0 saturated heterocycles. The van der Waals surface area contributed by atoms with Crippen molar-refractivity contribution in [1.29, 1.82) is 0 Å². The molecule has 0 bridgehead atoms. The maximum atomic E-state index is 12.4. The fourth-order valence-electron chi connectivity index (χ4n) is 3.82. The number of amides is 1. The summed E-state index contributed by atoms with van der Waals surface area (Å²) in [7, 11) is 5.32. The molecule has 0 unspecified atom stereocenters. The van der Waals surface area contributed by atoms with Crippen LogP contribution in [0.5, 0.6) is 11.5 Å². The normalized spacial score (nSPS) is 10.7. The number of rotatable bonds is 12. The summed E-state index contributed by atoms with van der Waals surface area (Å²) in [6.07, 6.45) is 2.43. The Morgan fingerprint density at radius 1 is 1.00 bits per heavy atom. The zero-order valence-electron chi connectivity index (χ0n) is 22.1. The van der Waals surface area contributed by atoms with Crippen LogP contribution in [0.3, 0.4) is 0 Å². The molecule has 1 amide bonds. The molecule has 0 saturated carbocycles. The second-order valence-corrected chi connectivity index (χ2v) is 9.70. The molecule has 9 heteroatoms. The van der Waals surface area contributed by atoms with Gasteiger partial charge in [-0.3, -0.25) is 4.79 Å². The van der Waals surface area contributed by atoms with Crippen LogP contribution in [0.2, 0.25) is 0 Å². The number of aromatic nitrogens is 2. The molecule has 4 rings (SSSR count). The van der Waals surface area contributed by atoms with Gasteiger partial charge in [0.05, 0.1) is 27.0 Å². The predicted octanol–water partition coefficient (Wildman–Crippen LogP) is 5.30. The van der Waals surface area contributed by atoms with Crippen LogP contribution in [0, 0.1) is 6.92 Å². The minimum absolute atomic E-state index is 0.136. The maximum Gasteiger partial charge on any atom is 0.251 e. The Morgan fingerprint density at radius 2 is 1.76 bits per heavy atom. The number of carbonyl (C=O) groups excluding carboxylic acids is 1. The zero-order chi connectivity index (χ0) is 26.9. The standard InChI is InChI=1S/C29H32N4O4S/c1-20-16-27(33(2)14-13-21-9-12-25(35-3)26(17-21)36-4)32-29(31-20)38-19-22-7-10-23(11-8-22)28(34)30-18-24-6-5-15-37-24/h5-12,15-17H,13-14,18-19H2,1-4H3,(H,30,34). The van der Waals surface area contributed by atoms with Crippen molar-refractivity contribution in [2.75, 3.05) is 32.7 Å². The molecule has 0 aliphatic rings. The van der Waals surface area contributed by atoms with Crippen molar-refractivity contribution in [2.24, 2.45) is 0 Å². The monoisotopic (exact) mass is 532 g/mol. The van der Waals surface area contributed by atoms with E-state index < -0.39 is 0 Å². The number of carbonyl (C=O) groups is 1. The van der Waals surface area contributed by atoms with Crippen molar-refractivity contribution in [3.8, 4) is 11.5 Å². The first-order valence-electron chi connectivity index (χ1n) is 12.2.